The summed E-state index contributed by atoms with van der Waals surface area (Å²) in [5.74, 6) is -0.339. The van der Waals surface area contributed by atoms with Gasteiger partial charge in [0.15, 0.2) is 5.65 Å². The number of carbonyl (C=O) groups is 1. The van der Waals surface area contributed by atoms with E-state index in [9.17, 15) is 18.7 Å². The van der Waals surface area contributed by atoms with Crippen molar-refractivity contribution in [2.75, 3.05) is 23.3 Å². The van der Waals surface area contributed by atoms with Crippen molar-refractivity contribution in [3.05, 3.63) is 53.9 Å². The molecular weight excluding hydrogens is 428 g/mol. The third kappa shape index (κ3) is 3.92. The van der Waals surface area contributed by atoms with Gasteiger partial charge in [0, 0.05) is 24.8 Å². The van der Waals surface area contributed by atoms with Crippen LogP contribution in [0, 0.1) is 11.6 Å². The van der Waals surface area contributed by atoms with Gasteiger partial charge in [-0.25, -0.2) is 23.1 Å². The number of aromatic nitrogens is 3. The molecule has 2 N–H and O–H groups in total. The number of urea groups is 1. The lowest BCUT2D eigenvalue weighted by molar-refractivity contribution is 0.176. The number of halogens is 2. The summed E-state index contributed by atoms with van der Waals surface area (Å²) in [6, 6.07) is 4.62. The zero-order valence-corrected chi connectivity index (χ0v) is 18.5. The topological polar surface area (TPSA) is 86.0 Å². The molecule has 0 spiro atoms. The molecule has 0 radical (unpaired) electrons. The molecule has 0 saturated carbocycles. The van der Waals surface area contributed by atoms with E-state index in [1.165, 1.54) is 12.3 Å². The average Bonchev–Trinajstić information content (AvgIpc) is 3.46. The van der Waals surface area contributed by atoms with Crippen LogP contribution in [-0.2, 0) is 0 Å². The second-order valence-corrected chi connectivity index (χ2v) is 9.33. The van der Waals surface area contributed by atoms with Gasteiger partial charge in [0.2, 0.25) is 0 Å². The van der Waals surface area contributed by atoms with Gasteiger partial charge in [0.05, 0.1) is 18.3 Å². The second kappa shape index (κ2) is 8.02. The lowest BCUT2D eigenvalue weighted by Gasteiger charge is -2.38. The van der Waals surface area contributed by atoms with Gasteiger partial charge in [-0.3, -0.25) is 0 Å². The third-order valence-corrected chi connectivity index (χ3v) is 6.60. The number of hydrogen-bond acceptors (Lipinski definition) is 5. The van der Waals surface area contributed by atoms with E-state index < -0.39 is 17.7 Å². The monoisotopic (exact) mass is 452 g/mol. The summed E-state index contributed by atoms with van der Waals surface area (Å²) < 4.78 is 30.1. The number of rotatable bonds is 3. The number of nitrogens with one attached hydrogen (secondary N) is 1. The van der Waals surface area contributed by atoms with E-state index in [0.29, 0.717) is 42.1 Å². The summed E-state index contributed by atoms with van der Waals surface area (Å²) in [5, 5.41) is 16.5. The number of aliphatic hydroxyl groups is 1. The molecule has 0 aliphatic carbocycles. The van der Waals surface area contributed by atoms with E-state index in [1.54, 1.807) is 21.7 Å². The number of likely N-dealkylation sites (tertiary alicyclic amines) is 1. The minimum atomic E-state index is -0.512. The number of benzene rings is 1. The average molecular weight is 452 g/mol. The number of nitrogens with zero attached hydrogens (tertiary/aromatic N) is 5. The maximum absolute atomic E-state index is 14.7. The van der Waals surface area contributed by atoms with Gasteiger partial charge < -0.3 is 20.2 Å². The molecule has 2 fully saturated rings. The maximum Gasteiger partial charge on any atom is 0.322 e. The molecule has 0 bridgehead atoms. The third-order valence-electron chi connectivity index (χ3n) is 6.60. The van der Waals surface area contributed by atoms with E-state index in [2.05, 4.69) is 10.4 Å². The highest BCUT2D eigenvalue weighted by Gasteiger charge is 2.41. The van der Waals surface area contributed by atoms with Gasteiger partial charge >= 0.3 is 6.03 Å². The number of β-amino-alcohol motifs (C(OH)–C–C–N with tert-alkyl or cyclic N) is 1. The molecule has 4 heterocycles. The quantitative estimate of drug-likeness (QED) is 0.577. The summed E-state index contributed by atoms with van der Waals surface area (Å²) in [6.07, 6.45) is 4.73. The van der Waals surface area contributed by atoms with Crippen LogP contribution in [0.2, 0.25) is 0 Å². The minimum Gasteiger partial charge on any atom is -0.391 e. The predicted molar refractivity (Wildman–Crippen MR) is 125 cm³/mol. The van der Waals surface area contributed by atoms with Crippen LogP contribution in [0.15, 0.2) is 36.7 Å². The van der Waals surface area contributed by atoms with Crippen molar-refractivity contribution < 1.29 is 18.7 Å². The van der Waals surface area contributed by atoms with Crippen LogP contribution in [0.25, 0.3) is 5.65 Å². The molecule has 2 aliphatic heterocycles. The Morgan fingerprint density at radius 1 is 1.24 bits per heavy atom. The molecule has 5 rings (SSSR count). The molecule has 0 unspecified atom stereocenters. The molecule has 8 nitrogen and oxygen atoms in total. The molecule has 2 aliphatic rings. The van der Waals surface area contributed by atoms with Gasteiger partial charge in [-0.15, -0.1) is 0 Å². The highest BCUT2D eigenvalue weighted by Crippen LogP contribution is 2.43. The van der Waals surface area contributed by atoms with Crippen LogP contribution in [0.4, 0.5) is 25.1 Å². The summed E-state index contributed by atoms with van der Waals surface area (Å²) in [5.41, 5.74) is 1.19. The zero-order chi connectivity index (χ0) is 23.3. The second-order valence-electron chi connectivity index (χ2n) is 9.33. The van der Waals surface area contributed by atoms with Crippen molar-refractivity contribution in [3.63, 3.8) is 0 Å². The van der Waals surface area contributed by atoms with Crippen molar-refractivity contribution in [1.82, 2.24) is 19.5 Å². The molecule has 12 heteroatoms. The Labute approximate surface area is 191 Å². The van der Waals surface area contributed by atoms with Crippen LogP contribution in [0.1, 0.15) is 30.9 Å². The van der Waals surface area contributed by atoms with Crippen molar-refractivity contribution in [1.29, 1.82) is 0 Å². The largest absolute Gasteiger partial charge is 0.391 e. The van der Waals surface area contributed by atoms with Gasteiger partial charge in [0.25, 0.3) is 0 Å². The zero-order valence-electron chi connectivity index (χ0n) is 18.5. The minimum absolute atomic E-state index is 0.284. The van der Waals surface area contributed by atoms with E-state index >= 15 is 0 Å². The molecule has 2 amide bonds. The smallest absolute Gasteiger partial charge is 0.322 e. The van der Waals surface area contributed by atoms with Gasteiger partial charge in [-0.05, 0) is 48.9 Å². The first-order valence-corrected chi connectivity index (χ1v) is 11.1. The molecule has 170 valence electrons. The number of fused-ring (bicyclic) bond motifs is 1. The standard InChI is InChI=1S/C21H24B2F2N6O2/c22-21(23)6-3-17(14-9-12(24)1-2-15(14)25)31(21)18-5-8-30-19(28-18)16(10-26-30)27-20(33)29-7-4-13(32)11-29/h1-2,5,8-10,13,17,32H,3-4,6-7,11,22-23H2,(H,27,33)/t13-,17+/m0/s1. The van der Waals surface area contributed by atoms with Gasteiger partial charge in [-0.1, -0.05) is 0 Å². The number of hydrogen-bond donors (Lipinski definition) is 2. The van der Waals surface area contributed by atoms with Crippen LogP contribution >= 0.6 is 0 Å². The van der Waals surface area contributed by atoms with Gasteiger partial charge in [0.1, 0.15) is 38.8 Å². The number of carbonyl (C=O) groups excluding carboxylic acids is 1. The van der Waals surface area contributed by atoms with E-state index in [1.807, 2.05) is 20.6 Å². The summed E-state index contributed by atoms with van der Waals surface area (Å²) in [4.78, 5) is 20.9. The van der Waals surface area contributed by atoms with Crippen molar-refractivity contribution in [2.24, 2.45) is 0 Å². The summed E-state index contributed by atoms with van der Waals surface area (Å²) in [7, 11) is 4.10. The maximum atomic E-state index is 14.7. The fourth-order valence-electron chi connectivity index (χ4n) is 4.90. The van der Waals surface area contributed by atoms with Crippen LogP contribution in [-0.4, -0.2) is 70.9 Å². The van der Waals surface area contributed by atoms with Gasteiger partial charge in [-0.2, -0.15) is 5.10 Å². The molecule has 2 atom stereocenters. The number of anilines is 2. The highest BCUT2D eigenvalue weighted by atomic mass is 19.1. The summed E-state index contributed by atoms with van der Waals surface area (Å²) >= 11 is 0. The molecule has 2 saturated heterocycles. The molecular formula is C21H24B2F2N6O2. The van der Waals surface area contributed by atoms with E-state index in [4.69, 9.17) is 4.98 Å². The van der Waals surface area contributed by atoms with E-state index in [0.717, 1.165) is 18.6 Å². The molecule has 2 aromatic heterocycles. The first-order valence-electron chi connectivity index (χ1n) is 11.1. The Hall–Kier alpha value is -3.14. The lowest BCUT2D eigenvalue weighted by atomic mass is 9.60. The first kappa shape index (κ1) is 21.7. The molecule has 1 aromatic carbocycles. The first-order chi connectivity index (χ1) is 15.7. The lowest BCUT2D eigenvalue weighted by Crippen LogP contribution is -2.46. The SMILES string of the molecule is BC1(B)CC[C@H](c2cc(F)ccc2F)N1c1ccn2ncc(NC(=O)N3CC[C@H](O)C3)c2n1. The van der Waals surface area contributed by atoms with Crippen LogP contribution < -0.4 is 10.2 Å². The normalized spacial score (nSPS) is 22.3. The van der Waals surface area contributed by atoms with Crippen molar-refractivity contribution >= 4 is 38.9 Å². The van der Waals surface area contributed by atoms with Crippen molar-refractivity contribution in [3.8, 4) is 0 Å². The number of amides is 2. The van der Waals surface area contributed by atoms with Crippen LogP contribution in [0.3, 0.4) is 0 Å². The highest BCUT2D eigenvalue weighted by molar-refractivity contribution is 6.42. The fourth-order valence-corrected chi connectivity index (χ4v) is 4.90. The van der Waals surface area contributed by atoms with E-state index in [-0.39, 0.29) is 24.0 Å². The van der Waals surface area contributed by atoms with Crippen LogP contribution in [0.5, 0.6) is 0 Å². The molecule has 3 aromatic rings. The fraction of sp³-hybridized carbons (Fsp3) is 0.381. The Morgan fingerprint density at radius 3 is 2.82 bits per heavy atom. The predicted octanol–water partition coefficient (Wildman–Crippen LogP) is 0.867. The Kier molecular flexibility index (Phi) is 5.27. The number of aliphatic hydroxyl groups excluding tert-OH is 1. The Bertz CT molecular complexity index is 1220. The Balaban J connectivity index is 1.50. The molecule has 33 heavy (non-hydrogen) atoms. The Morgan fingerprint density at radius 2 is 2.06 bits per heavy atom. The van der Waals surface area contributed by atoms with Crippen molar-refractivity contribution in [2.45, 2.75) is 36.7 Å². The summed E-state index contributed by atoms with van der Waals surface area (Å²) in [6.45, 7) is 0.764.